The van der Waals surface area contributed by atoms with Gasteiger partial charge in [0.05, 0.1) is 0 Å². The first kappa shape index (κ1) is 17.1. The largest absolute Gasteiger partial charge is 0.444 e. The molecule has 1 rings (SSSR count). The second-order valence-corrected chi connectivity index (χ2v) is 5.82. The summed E-state index contributed by atoms with van der Waals surface area (Å²) in [6, 6.07) is 4.89. The highest BCUT2D eigenvalue weighted by molar-refractivity contribution is 5.88. The first-order chi connectivity index (χ1) is 9.74. The van der Waals surface area contributed by atoms with Crippen LogP contribution < -0.4 is 5.32 Å². The van der Waals surface area contributed by atoms with E-state index in [1.54, 1.807) is 26.8 Å². The van der Waals surface area contributed by atoms with Crippen LogP contribution in [0.1, 0.15) is 52.1 Å². The minimum atomic E-state index is -1.03. The molecule has 0 aliphatic rings. The second-order valence-electron chi connectivity index (χ2n) is 5.82. The number of ketones is 1. The van der Waals surface area contributed by atoms with Gasteiger partial charge in [0, 0.05) is 12.0 Å². The zero-order valence-corrected chi connectivity index (χ0v) is 12.9. The molecule has 1 N–H and O–H groups in total. The van der Waals surface area contributed by atoms with Crippen LogP contribution in [0.5, 0.6) is 0 Å². The summed E-state index contributed by atoms with van der Waals surface area (Å²) in [4.78, 5) is 24.0. The van der Waals surface area contributed by atoms with Crippen molar-refractivity contribution in [1.29, 1.82) is 0 Å². The van der Waals surface area contributed by atoms with Crippen molar-refractivity contribution < 1.29 is 18.7 Å². The van der Waals surface area contributed by atoms with E-state index in [1.165, 1.54) is 18.2 Å². The molecule has 0 heterocycles. The van der Waals surface area contributed by atoms with Gasteiger partial charge in [0.15, 0.2) is 5.78 Å². The van der Waals surface area contributed by atoms with Crippen LogP contribution in [0.4, 0.5) is 9.18 Å². The molecule has 0 aromatic heterocycles. The summed E-state index contributed by atoms with van der Waals surface area (Å²) in [5, 5.41) is 2.46. The van der Waals surface area contributed by atoms with Crippen LogP contribution in [-0.4, -0.2) is 17.5 Å². The Hall–Kier alpha value is -1.91. The van der Waals surface area contributed by atoms with Crippen molar-refractivity contribution >= 4 is 11.9 Å². The molecule has 116 valence electrons. The zero-order chi connectivity index (χ0) is 16.0. The van der Waals surface area contributed by atoms with Crippen molar-refractivity contribution in [3.05, 3.63) is 35.6 Å². The van der Waals surface area contributed by atoms with Gasteiger partial charge in [0.25, 0.3) is 0 Å². The van der Waals surface area contributed by atoms with Gasteiger partial charge in [-0.15, -0.1) is 0 Å². The van der Waals surface area contributed by atoms with E-state index in [1.807, 2.05) is 6.92 Å². The highest BCUT2D eigenvalue weighted by Crippen LogP contribution is 2.20. The molecule has 0 aliphatic carbocycles. The molecule has 21 heavy (non-hydrogen) atoms. The highest BCUT2D eigenvalue weighted by atomic mass is 19.1. The third-order valence-corrected chi connectivity index (χ3v) is 2.70. The normalized spacial score (nSPS) is 12.6. The number of alkyl carbamates (subject to hydrolysis) is 1. The molecule has 1 amide bonds. The smallest absolute Gasteiger partial charge is 0.408 e. The molecule has 4 nitrogen and oxygen atoms in total. The fourth-order valence-electron chi connectivity index (χ4n) is 1.86. The summed E-state index contributed by atoms with van der Waals surface area (Å²) in [6.07, 6.45) is 0.148. The van der Waals surface area contributed by atoms with Crippen molar-refractivity contribution in [1.82, 2.24) is 5.32 Å². The maximum absolute atomic E-state index is 13.9. The number of halogens is 1. The second kappa shape index (κ2) is 7.20. The monoisotopic (exact) mass is 295 g/mol. The summed E-state index contributed by atoms with van der Waals surface area (Å²) < 4.78 is 19.0. The molecule has 0 bridgehead atoms. The van der Waals surface area contributed by atoms with Crippen molar-refractivity contribution in [3.8, 4) is 0 Å². The molecular weight excluding hydrogens is 273 g/mol. The van der Waals surface area contributed by atoms with Crippen LogP contribution in [0.25, 0.3) is 0 Å². The lowest BCUT2D eigenvalue weighted by Gasteiger charge is -2.23. The number of hydrogen-bond acceptors (Lipinski definition) is 3. The van der Waals surface area contributed by atoms with Gasteiger partial charge in [-0.25, -0.2) is 9.18 Å². The van der Waals surface area contributed by atoms with Gasteiger partial charge < -0.3 is 10.1 Å². The first-order valence-electron chi connectivity index (χ1n) is 7.01. The standard InChI is InChI=1S/C16H22FNO3/c1-5-8-13(19)14(11-9-6-7-10-12(11)17)18-15(20)21-16(2,3)4/h6-7,9-10,14H,5,8H2,1-4H3,(H,18,20)/t14-/m0/s1. The Morgan fingerprint density at radius 1 is 1.29 bits per heavy atom. The van der Waals surface area contributed by atoms with Crippen molar-refractivity contribution in [2.75, 3.05) is 0 Å². The van der Waals surface area contributed by atoms with Gasteiger partial charge in [0.1, 0.15) is 17.5 Å². The molecule has 0 aliphatic heterocycles. The summed E-state index contributed by atoms with van der Waals surface area (Å²) in [7, 11) is 0. The van der Waals surface area contributed by atoms with Crippen LogP contribution in [0.15, 0.2) is 24.3 Å². The highest BCUT2D eigenvalue weighted by Gasteiger charge is 2.26. The van der Waals surface area contributed by atoms with E-state index in [9.17, 15) is 14.0 Å². The lowest BCUT2D eigenvalue weighted by molar-refractivity contribution is -0.121. The molecular formula is C16H22FNO3. The Balaban J connectivity index is 2.96. The number of Topliss-reactive ketones (excluding diaryl/α,β-unsaturated/α-hetero) is 1. The molecule has 0 radical (unpaired) electrons. The number of amides is 1. The van der Waals surface area contributed by atoms with E-state index in [-0.39, 0.29) is 17.8 Å². The summed E-state index contributed by atoms with van der Waals surface area (Å²) in [6.45, 7) is 7.01. The number of benzene rings is 1. The Kier molecular flexibility index (Phi) is 5.88. The van der Waals surface area contributed by atoms with E-state index in [0.29, 0.717) is 6.42 Å². The average Bonchev–Trinajstić information content (AvgIpc) is 2.35. The van der Waals surface area contributed by atoms with Crippen LogP contribution in [0, 0.1) is 5.82 Å². The Labute approximate surface area is 124 Å². The number of hydrogen-bond donors (Lipinski definition) is 1. The lowest BCUT2D eigenvalue weighted by atomic mass is 9.99. The lowest BCUT2D eigenvalue weighted by Crippen LogP contribution is -2.38. The third kappa shape index (κ3) is 5.53. The maximum Gasteiger partial charge on any atom is 0.408 e. The molecule has 1 aromatic rings. The van der Waals surface area contributed by atoms with E-state index in [4.69, 9.17) is 4.74 Å². The minimum Gasteiger partial charge on any atom is -0.444 e. The number of carbonyl (C=O) groups is 2. The van der Waals surface area contributed by atoms with E-state index < -0.39 is 23.6 Å². The van der Waals surface area contributed by atoms with Gasteiger partial charge >= 0.3 is 6.09 Å². The molecule has 0 saturated heterocycles. The molecule has 1 atom stereocenters. The minimum absolute atomic E-state index is 0.154. The molecule has 1 aromatic carbocycles. The summed E-state index contributed by atoms with van der Waals surface area (Å²) >= 11 is 0. The molecule has 0 unspecified atom stereocenters. The average molecular weight is 295 g/mol. The van der Waals surface area contributed by atoms with Crippen LogP contribution in [0.3, 0.4) is 0 Å². The topological polar surface area (TPSA) is 55.4 Å². The van der Waals surface area contributed by atoms with E-state index in [0.717, 1.165) is 0 Å². The Morgan fingerprint density at radius 2 is 1.90 bits per heavy atom. The number of rotatable bonds is 5. The van der Waals surface area contributed by atoms with Crippen molar-refractivity contribution in [2.24, 2.45) is 0 Å². The quantitative estimate of drug-likeness (QED) is 0.899. The summed E-state index contributed by atoms with van der Waals surface area (Å²) in [5.41, 5.74) is -0.528. The van der Waals surface area contributed by atoms with Gasteiger partial charge in [0.2, 0.25) is 0 Å². The molecule has 5 heteroatoms. The van der Waals surface area contributed by atoms with Gasteiger partial charge in [-0.3, -0.25) is 4.79 Å². The van der Waals surface area contributed by atoms with Gasteiger partial charge in [-0.2, -0.15) is 0 Å². The van der Waals surface area contributed by atoms with Crippen LogP contribution >= 0.6 is 0 Å². The van der Waals surface area contributed by atoms with Gasteiger partial charge in [-0.1, -0.05) is 25.1 Å². The number of ether oxygens (including phenoxy) is 1. The number of nitrogens with one attached hydrogen (secondary N) is 1. The first-order valence-corrected chi connectivity index (χ1v) is 7.01. The molecule has 0 fully saturated rings. The van der Waals surface area contributed by atoms with Crippen LogP contribution in [-0.2, 0) is 9.53 Å². The molecule has 0 spiro atoms. The van der Waals surface area contributed by atoms with E-state index in [2.05, 4.69) is 5.32 Å². The Bertz CT molecular complexity index is 508. The SMILES string of the molecule is CCCC(=O)[C@@H](NC(=O)OC(C)(C)C)c1ccccc1F. The molecule has 0 saturated carbocycles. The fourth-order valence-corrected chi connectivity index (χ4v) is 1.86. The van der Waals surface area contributed by atoms with E-state index >= 15 is 0 Å². The Morgan fingerprint density at radius 3 is 2.43 bits per heavy atom. The van der Waals surface area contributed by atoms with Crippen molar-refractivity contribution in [3.63, 3.8) is 0 Å². The van der Waals surface area contributed by atoms with Gasteiger partial charge in [-0.05, 0) is 33.3 Å². The zero-order valence-electron chi connectivity index (χ0n) is 12.9. The summed E-state index contributed by atoms with van der Waals surface area (Å²) in [5.74, 6) is -0.767. The number of carbonyl (C=O) groups excluding carboxylic acids is 2. The fraction of sp³-hybridized carbons (Fsp3) is 0.500. The third-order valence-electron chi connectivity index (χ3n) is 2.70. The predicted octanol–water partition coefficient (Wildman–Crippen LogP) is 3.76. The van der Waals surface area contributed by atoms with Crippen molar-refractivity contribution in [2.45, 2.75) is 52.2 Å². The predicted molar refractivity (Wildman–Crippen MR) is 78.4 cm³/mol. The van der Waals surface area contributed by atoms with Crippen LogP contribution in [0.2, 0.25) is 0 Å². The maximum atomic E-state index is 13.9.